The van der Waals surface area contributed by atoms with Crippen LogP contribution in [0.3, 0.4) is 0 Å². The van der Waals surface area contributed by atoms with E-state index in [0.717, 1.165) is 9.87 Å². The molecule has 4 aromatic rings. The van der Waals surface area contributed by atoms with Gasteiger partial charge in [0.2, 0.25) is 11.8 Å². The minimum absolute atomic E-state index is 0.00393. The molecule has 0 aromatic heterocycles. The predicted octanol–water partition coefficient (Wildman–Crippen LogP) is 6.75. The number of methoxy groups -OCH3 is 1. The maximum Gasteiger partial charge on any atom is 0.264 e. The van der Waals surface area contributed by atoms with Crippen LogP contribution in [0.2, 0.25) is 10.0 Å². The summed E-state index contributed by atoms with van der Waals surface area (Å²) in [4.78, 5) is 29.9. The van der Waals surface area contributed by atoms with Gasteiger partial charge in [-0.05, 0) is 60.9 Å². The summed E-state index contributed by atoms with van der Waals surface area (Å²) in [6.07, 6.45) is 0.881. The zero-order valence-electron chi connectivity index (χ0n) is 25.9. The van der Waals surface area contributed by atoms with Crippen molar-refractivity contribution >= 4 is 50.7 Å². The number of ether oxygens (including phenoxy) is 1. The van der Waals surface area contributed by atoms with Crippen LogP contribution in [0.25, 0.3) is 0 Å². The maximum absolute atomic E-state index is 14.6. The van der Waals surface area contributed by atoms with Crippen molar-refractivity contribution in [2.75, 3.05) is 18.0 Å². The molecule has 11 heteroatoms. The van der Waals surface area contributed by atoms with Gasteiger partial charge in [0.1, 0.15) is 18.3 Å². The van der Waals surface area contributed by atoms with Crippen LogP contribution in [0.15, 0.2) is 108 Å². The number of carbonyl (C=O) groups excluding carboxylic acids is 2. The van der Waals surface area contributed by atoms with E-state index in [4.69, 9.17) is 27.9 Å². The van der Waals surface area contributed by atoms with Gasteiger partial charge in [0, 0.05) is 19.0 Å². The van der Waals surface area contributed by atoms with Crippen molar-refractivity contribution in [3.05, 3.63) is 124 Å². The Morgan fingerprint density at radius 3 is 2.15 bits per heavy atom. The molecule has 242 valence electrons. The molecule has 1 N–H and O–H groups in total. The van der Waals surface area contributed by atoms with E-state index in [1.807, 2.05) is 50.2 Å². The van der Waals surface area contributed by atoms with Gasteiger partial charge in [-0.1, -0.05) is 96.9 Å². The van der Waals surface area contributed by atoms with Crippen LogP contribution in [-0.2, 0) is 32.6 Å². The largest absolute Gasteiger partial charge is 0.497 e. The number of carbonyl (C=O) groups is 2. The van der Waals surface area contributed by atoms with Gasteiger partial charge in [-0.3, -0.25) is 13.9 Å². The van der Waals surface area contributed by atoms with Crippen molar-refractivity contribution in [3.63, 3.8) is 0 Å². The lowest BCUT2D eigenvalue weighted by Gasteiger charge is -2.34. The summed E-state index contributed by atoms with van der Waals surface area (Å²) in [5, 5.41) is 3.13. The Kier molecular flexibility index (Phi) is 12.1. The van der Waals surface area contributed by atoms with E-state index in [1.54, 1.807) is 49.6 Å². The zero-order valence-corrected chi connectivity index (χ0v) is 28.2. The molecular formula is C35H37Cl2N3O5S. The summed E-state index contributed by atoms with van der Waals surface area (Å²) in [6.45, 7) is 3.20. The second-order valence-electron chi connectivity index (χ2n) is 10.8. The molecule has 2 amide bonds. The number of nitrogens with zero attached hydrogens (tertiary/aromatic N) is 2. The first-order valence-corrected chi connectivity index (χ1v) is 17.0. The number of benzene rings is 4. The molecule has 0 unspecified atom stereocenters. The molecular weight excluding hydrogens is 645 g/mol. The molecule has 0 saturated carbocycles. The van der Waals surface area contributed by atoms with Crippen molar-refractivity contribution in [3.8, 4) is 5.75 Å². The number of nitrogens with one attached hydrogen (secondary N) is 1. The number of hydrogen-bond acceptors (Lipinski definition) is 5. The molecule has 0 radical (unpaired) electrons. The van der Waals surface area contributed by atoms with Gasteiger partial charge in [-0.15, -0.1) is 0 Å². The lowest BCUT2D eigenvalue weighted by atomic mass is 10.0. The lowest BCUT2D eigenvalue weighted by molar-refractivity contribution is -0.140. The molecule has 0 spiro atoms. The first-order chi connectivity index (χ1) is 22.0. The van der Waals surface area contributed by atoms with E-state index in [-0.39, 0.29) is 45.5 Å². The summed E-state index contributed by atoms with van der Waals surface area (Å²) in [7, 11) is -2.77. The van der Waals surface area contributed by atoms with Crippen LogP contribution >= 0.6 is 23.2 Å². The Hall–Kier alpha value is -4.05. The third-order valence-corrected chi connectivity index (χ3v) is 10.2. The molecule has 0 bridgehead atoms. The zero-order chi connectivity index (χ0) is 33.3. The number of anilines is 1. The molecule has 46 heavy (non-hydrogen) atoms. The van der Waals surface area contributed by atoms with Gasteiger partial charge in [0.05, 0.1) is 27.7 Å². The Bertz CT molecular complexity index is 1740. The number of rotatable bonds is 14. The van der Waals surface area contributed by atoms with E-state index in [2.05, 4.69) is 5.32 Å². The Balaban J connectivity index is 1.84. The van der Waals surface area contributed by atoms with Crippen molar-refractivity contribution in [2.45, 2.75) is 50.2 Å². The van der Waals surface area contributed by atoms with Gasteiger partial charge >= 0.3 is 0 Å². The number of hydrogen-bond donors (Lipinski definition) is 1. The molecule has 4 aromatic carbocycles. The Labute approximate surface area is 280 Å². The van der Waals surface area contributed by atoms with Crippen molar-refractivity contribution in [2.24, 2.45) is 0 Å². The van der Waals surface area contributed by atoms with E-state index in [1.165, 1.54) is 29.2 Å². The summed E-state index contributed by atoms with van der Waals surface area (Å²) < 4.78 is 34.6. The van der Waals surface area contributed by atoms with Crippen LogP contribution in [0.4, 0.5) is 5.69 Å². The van der Waals surface area contributed by atoms with Gasteiger partial charge in [-0.2, -0.15) is 0 Å². The smallest absolute Gasteiger partial charge is 0.264 e. The minimum Gasteiger partial charge on any atom is -0.497 e. The highest BCUT2D eigenvalue weighted by atomic mass is 35.5. The Morgan fingerprint density at radius 1 is 0.870 bits per heavy atom. The average molecular weight is 683 g/mol. The molecule has 0 aliphatic heterocycles. The second-order valence-corrected chi connectivity index (χ2v) is 13.4. The van der Waals surface area contributed by atoms with Crippen molar-refractivity contribution in [1.82, 2.24) is 10.2 Å². The van der Waals surface area contributed by atoms with Crippen molar-refractivity contribution < 1.29 is 22.7 Å². The maximum atomic E-state index is 14.6. The third kappa shape index (κ3) is 8.60. The minimum atomic E-state index is -4.31. The topological polar surface area (TPSA) is 96.0 Å². The highest BCUT2D eigenvalue weighted by Crippen LogP contribution is 2.35. The predicted molar refractivity (Wildman–Crippen MR) is 183 cm³/mol. The van der Waals surface area contributed by atoms with Gasteiger partial charge < -0.3 is 15.0 Å². The first-order valence-electron chi connectivity index (χ1n) is 14.8. The quantitative estimate of drug-likeness (QED) is 0.159. The van der Waals surface area contributed by atoms with Crippen LogP contribution < -0.4 is 14.4 Å². The lowest BCUT2D eigenvalue weighted by Crippen LogP contribution is -2.54. The van der Waals surface area contributed by atoms with Crippen LogP contribution in [0, 0.1) is 0 Å². The molecule has 0 saturated heterocycles. The van der Waals surface area contributed by atoms with E-state index in [9.17, 15) is 18.0 Å². The highest BCUT2D eigenvalue weighted by molar-refractivity contribution is 7.92. The number of halogens is 2. The SMILES string of the molecule is CC[C@@H](C)NC(=O)[C@@H](Cc1ccccc1)N(Cc1cccc(OC)c1)C(=O)CN(c1cccc(Cl)c1Cl)S(=O)(=O)c1ccccc1. The van der Waals surface area contributed by atoms with Gasteiger partial charge in [-0.25, -0.2) is 8.42 Å². The van der Waals surface area contributed by atoms with Gasteiger partial charge in [0.15, 0.2) is 0 Å². The van der Waals surface area contributed by atoms with E-state index >= 15 is 0 Å². The fraction of sp³-hybridized carbons (Fsp3) is 0.257. The highest BCUT2D eigenvalue weighted by Gasteiger charge is 2.35. The van der Waals surface area contributed by atoms with Crippen LogP contribution in [0.5, 0.6) is 5.75 Å². The fourth-order valence-electron chi connectivity index (χ4n) is 4.88. The number of sulfonamides is 1. The molecule has 0 heterocycles. The normalized spacial score (nSPS) is 12.5. The number of amides is 2. The first kappa shape index (κ1) is 34.8. The molecule has 2 atom stereocenters. The van der Waals surface area contributed by atoms with E-state index < -0.39 is 28.5 Å². The average Bonchev–Trinajstić information content (AvgIpc) is 3.07. The summed E-state index contributed by atoms with van der Waals surface area (Å²) in [5.74, 6) is -0.390. The molecule has 0 fully saturated rings. The van der Waals surface area contributed by atoms with Crippen LogP contribution in [0.1, 0.15) is 31.4 Å². The monoisotopic (exact) mass is 681 g/mol. The molecule has 8 nitrogen and oxygen atoms in total. The van der Waals surface area contributed by atoms with E-state index in [0.29, 0.717) is 17.7 Å². The molecule has 0 aliphatic carbocycles. The second kappa shape index (κ2) is 16.0. The summed E-state index contributed by atoms with van der Waals surface area (Å²) in [6, 6.07) is 27.8. The Morgan fingerprint density at radius 2 is 1.50 bits per heavy atom. The third-order valence-electron chi connectivity index (χ3n) is 7.57. The summed E-state index contributed by atoms with van der Waals surface area (Å²) >= 11 is 12.9. The summed E-state index contributed by atoms with van der Waals surface area (Å²) in [5.41, 5.74) is 1.57. The van der Waals surface area contributed by atoms with Gasteiger partial charge in [0.25, 0.3) is 10.0 Å². The van der Waals surface area contributed by atoms with Crippen molar-refractivity contribution in [1.29, 1.82) is 0 Å². The van der Waals surface area contributed by atoms with Crippen LogP contribution in [-0.4, -0.2) is 50.9 Å². The fourth-order valence-corrected chi connectivity index (χ4v) is 6.78. The molecule has 4 rings (SSSR count). The molecule has 0 aliphatic rings. The standard InChI is InChI=1S/C35H37Cl2N3O5S/c1-4-25(2)38-35(42)32(22-26-13-7-5-8-14-26)39(23-27-15-11-16-28(21-27)45-3)33(41)24-40(31-20-12-19-30(36)34(31)37)46(43,44)29-17-9-6-10-18-29/h5-21,25,32H,4,22-24H2,1-3H3,(H,38,42)/t25-,32-/m1/s1.